The Morgan fingerprint density at radius 1 is 1.42 bits per heavy atom. The molecule has 1 aliphatic rings. The van der Waals surface area contributed by atoms with Crippen LogP contribution in [0.3, 0.4) is 0 Å². The van der Waals surface area contributed by atoms with E-state index in [9.17, 15) is 0 Å². The first kappa shape index (κ1) is 14.5. The van der Waals surface area contributed by atoms with E-state index >= 15 is 0 Å². The van der Waals surface area contributed by atoms with E-state index in [4.69, 9.17) is 15.0 Å². The first-order chi connectivity index (χ1) is 8.99. The third kappa shape index (κ3) is 2.67. The van der Waals surface area contributed by atoms with Crippen molar-refractivity contribution in [1.29, 1.82) is 0 Å². The summed E-state index contributed by atoms with van der Waals surface area (Å²) >= 11 is 0. The summed E-state index contributed by atoms with van der Waals surface area (Å²) in [4.78, 5) is 4.57. The van der Waals surface area contributed by atoms with Crippen LogP contribution in [0.15, 0.2) is 4.52 Å². The lowest BCUT2D eigenvalue weighted by Crippen LogP contribution is -2.45. The first-order valence-electron chi connectivity index (χ1n) is 7.11. The van der Waals surface area contributed by atoms with E-state index in [1.807, 2.05) is 0 Å². The minimum Gasteiger partial charge on any atom is -0.373 e. The summed E-state index contributed by atoms with van der Waals surface area (Å²) in [6.07, 6.45) is 4.26. The van der Waals surface area contributed by atoms with Crippen LogP contribution in [0, 0.1) is 5.92 Å². The minimum atomic E-state index is -0.196. The molecule has 1 aromatic heterocycles. The van der Waals surface area contributed by atoms with Crippen LogP contribution in [0.25, 0.3) is 0 Å². The van der Waals surface area contributed by atoms with Gasteiger partial charge < -0.3 is 15.0 Å². The molecule has 3 atom stereocenters. The van der Waals surface area contributed by atoms with Crippen molar-refractivity contribution in [3.8, 4) is 0 Å². The Morgan fingerprint density at radius 2 is 2.16 bits per heavy atom. The van der Waals surface area contributed by atoms with Gasteiger partial charge in [0.05, 0.1) is 5.41 Å². The van der Waals surface area contributed by atoms with Gasteiger partial charge in [-0.3, -0.25) is 0 Å². The minimum absolute atomic E-state index is 0.0922. The van der Waals surface area contributed by atoms with Crippen molar-refractivity contribution < 1.29 is 9.26 Å². The van der Waals surface area contributed by atoms with Gasteiger partial charge in [0.15, 0.2) is 0 Å². The standard InChI is InChI=1S/C14H25N3O2/c1-9(2)11(18-4)12-16-13(19-17-12)14(3)8-6-5-7-10(14)15/h9-11H,5-8,15H2,1-4H3. The number of rotatable bonds is 4. The highest BCUT2D eigenvalue weighted by molar-refractivity contribution is 5.11. The Labute approximate surface area is 114 Å². The highest BCUT2D eigenvalue weighted by Gasteiger charge is 2.41. The second-order valence-corrected chi connectivity index (χ2v) is 6.13. The molecule has 1 fully saturated rings. The molecule has 1 aliphatic carbocycles. The summed E-state index contributed by atoms with van der Waals surface area (Å²) in [7, 11) is 1.68. The maximum atomic E-state index is 6.26. The third-order valence-electron chi connectivity index (χ3n) is 4.32. The molecule has 1 heterocycles. The fourth-order valence-electron chi connectivity index (χ4n) is 2.88. The Hall–Kier alpha value is -0.940. The van der Waals surface area contributed by atoms with Crippen LogP contribution in [-0.4, -0.2) is 23.3 Å². The molecular weight excluding hydrogens is 242 g/mol. The molecule has 0 aromatic carbocycles. The van der Waals surface area contributed by atoms with Crippen LogP contribution in [0.4, 0.5) is 0 Å². The molecule has 0 spiro atoms. The van der Waals surface area contributed by atoms with Crippen LogP contribution in [-0.2, 0) is 10.2 Å². The second-order valence-electron chi connectivity index (χ2n) is 6.13. The number of methoxy groups -OCH3 is 1. The molecule has 1 saturated carbocycles. The summed E-state index contributed by atoms with van der Waals surface area (Å²) < 4.78 is 10.9. The fraction of sp³-hybridized carbons (Fsp3) is 0.857. The van der Waals surface area contributed by atoms with Crippen molar-refractivity contribution >= 4 is 0 Å². The molecule has 2 N–H and O–H groups in total. The van der Waals surface area contributed by atoms with E-state index in [1.54, 1.807) is 7.11 Å². The number of aromatic nitrogens is 2. The lowest BCUT2D eigenvalue weighted by Gasteiger charge is -2.35. The molecule has 2 rings (SSSR count). The Kier molecular flexibility index (Phi) is 4.26. The van der Waals surface area contributed by atoms with Gasteiger partial charge in [0, 0.05) is 13.2 Å². The smallest absolute Gasteiger partial charge is 0.234 e. The van der Waals surface area contributed by atoms with E-state index in [0.717, 1.165) is 12.8 Å². The van der Waals surface area contributed by atoms with Crippen molar-refractivity contribution in [2.75, 3.05) is 7.11 Å². The lowest BCUT2D eigenvalue weighted by atomic mass is 9.72. The zero-order chi connectivity index (χ0) is 14.0. The lowest BCUT2D eigenvalue weighted by molar-refractivity contribution is 0.0555. The van der Waals surface area contributed by atoms with Crippen molar-refractivity contribution in [2.45, 2.75) is 64.0 Å². The van der Waals surface area contributed by atoms with Gasteiger partial charge >= 0.3 is 0 Å². The summed E-state index contributed by atoms with van der Waals surface area (Å²) in [6, 6.07) is 0.0922. The highest BCUT2D eigenvalue weighted by Crippen LogP contribution is 2.38. The zero-order valence-electron chi connectivity index (χ0n) is 12.3. The molecule has 19 heavy (non-hydrogen) atoms. The maximum Gasteiger partial charge on any atom is 0.234 e. The highest BCUT2D eigenvalue weighted by atomic mass is 16.5. The Bertz CT molecular complexity index is 419. The molecule has 0 radical (unpaired) electrons. The molecule has 108 valence electrons. The summed E-state index contributed by atoms with van der Waals surface area (Å²) in [6.45, 7) is 6.29. The van der Waals surface area contributed by atoms with Crippen LogP contribution in [0.5, 0.6) is 0 Å². The third-order valence-corrected chi connectivity index (χ3v) is 4.32. The van der Waals surface area contributed by atoms with Gasteiger partial charge in [0.25, 0.3) is 0 Å². The quantitative estimate of drug-likeness (QED) is 0.907. The molecule has 3 unspecified atom stereocenters. The number of ether oxygens (including phenoxy) is 1. The van der Waals surface area contributed by atoms with Gasteiger partial charge in [-0.1, -0.05) is 31.8 Å². The van der Waals surface area contributed by atoms with Crippen molar-refractivity contribution in [2.24, 2.45) is 11.7 Å². The predicted octanol–water partition coefficient (Wildman–Crippen LogP) is 2.57. The summed E-state index contributed by atoms with van der Waals surface area (Å²) in [5, 5.41) is 4.10. The molecule has 0 aliphatic heterocycles. The van der Waals surface area contributed by atoms with E-state index in [0.29, 0.717) is 17.6 Å². The number of nitrogens with zero attached hydrogens (tertiary/aromatic N) is 2. The molecule has 0 amide bonds. The number of nitrogens with two attached hydrogens (primary N) is 1. The Balaban J connectivity index is 2.24. The van der Waals surface area contributed by atoms with Gasteiger partial charge in [0.1, 0.15) is 6.10 Å². The predicted molar refractivity (Wildman–Crippen MR) is 72.7 cm³/mol. The first-order valence-corrected chi connectivity index (χ1v) is 7.11. The molecule has 5 nitrogen and oxygen atoms in total. The average molecular weight is 267 g/mol. The van der Waals surface area contributed by atoms with Crippen LogP contribution in [0.2, 0.25) is 0 Å². The van der Waals surface area contributed by atoms with Gasteiger partial charge in [-0.05, 0) is 25.7 Å². The van der Waals surface area contributed by atoms with E-state index in [-0.39, 0.29) is 17.6 Å². The number of hydrogen-bond acceptors (Lipinski definition) is 5. The normalized spacial score (nSPS) is 29.7. The zero-order valence-corrected chi connectivity index (χ0v) is 12.3. The van der Waals surface area contributed by atoms with Crippen molar-refractivity contribution in [1.82, 2.24) is 10.1 Å². The van der Waals surface area contributed by atoms with E-state index < -0.39 is 0 Å². The molecule has 1 aromatic rings. The molecule has 5 heteroatoms. The average Bonchev–Trinajstić information content (AvgIpc) is 2.83. The summed E-state index contributed by atoms with van der Waals surface area (Å²) in [5.41, 5.74) is 6.07. The topological polar surface area (TPSA) is 74.2 Å². The van der Waals surface area contributed by atoms with Gasteiger partial charge in [-0.25, -0.2) is 0 Å². The van der Waals surface area contributed by atoms with Gasteiger partial charge in [-0.2, -0.15) is 4.98 Å². The van der Waals surface area contributed by atoms with Crippen LogP contribution < -0.4 is 5.73 Å². The van der Waals surface area contributed by atoms with E-state index in [2.05, 4.69) is 30.9 Å². The summed E-state index contributed by atoms with van der Waals surface area (Å²) in [5.74, 6) is 1.60. The van der Waals surface area contributed by atoms with Crippen molar-refractivity contribution in [3.05, 3.63) is 11.7 Å². The maximum absolute atomic E-state index is 6.26. The van der Waals surface area contributed by atoms with Gasteiger partial charge in [-0.15, -0.1) is 0 Å². The Morgan fingerprint density at radius 3 is 2.74 bits per heavy atom. The molecule has 0 saturated heterocycles. The SMILES string of the molecule is COC(c1noc(C2(C)CCCCC2N)n1)C(C)C. The monoisotopic (exact) mass is 267 g/mol. The van der Waals surface area contributed by atoms with Crippen LogP contribution >= 0.6 is 0 Å². The van der Waals surface area contributed by atoms with E-state index in [1.165, 1.54) is 12.8 Å². The number of hydrogen-bond donors (Lipinski definition) is 1. The molecule has 0 bridgehead atoms. The van der Waals surface area contributed by atoms with Crippen LogP contribution in [0.1, 0.15) is 64.3 Å². The van der Waals surface area contributed by atoms with Gasteiger partial charge in [0.2, 0.25) is 11.7 Å². The van der Waals surface area contributed by atoms with Crippen molar-refractivity contribution in [3.63, 3.8) is 0 Å². The fourth-order valence-corrected chi connectivity index (χ4v) is 2.88. The second kappa shape index (κ2) is 5.59. The molecular formula is C14H25N3O2. The largest absolute Gasteiger partial charge is 0.373 e.